The zero-order valence-electron chi connectivity index (χ0n) is 9.15. The number of aromatic nitrogens is 1. The van der Waals surface area contributed by atoms with Crippen LogP contribution in [0, 0.1) is 0 Å². The summed E-state index contributed by atoms with van der Waals surface area (Å²) in [6.45, 7) is 3.14. The molecule has 0 saturated heterocycles. The van der Waals surface area contributed by atoms with E-state index < -0.39 is 0 Å². The van der Waals surface area contributed by atoms with Gasteiger partial charge in [0.2, 0.25) is 0 Å². The monoisotopic (exact) mass is 210 g/mol. The minimum atomic E-state index is -0.0458. The maximum atomic E-state index is 8.92. The van der Waals surface area contributed by atoms with Crippen molar-refractivity contribution in [3.05, 3.63) is 12.0 Å². The van der Waals surface area contributed by atoms with Crippen molar-refractivity contribution in [1.29, 1.82) is 0 Å². The van der Waals surface area contributed by atoms with Crippen LogP contribution < -0.4 is 4.90 Å². The third-order valence-electron chi connectivity index (χ3n) is 2.69. The maximum absolute atomic E-state index is 8.92. The lowest BCUT2D eigenvalue weighted by Gasteiger charge is -2.19. The van der Waals surface area contributed by atoms with Gasteiger partial charge in [0.05, 0.1) is 6.61 Å². The highest BCUT2D eigenvalue weighted by atomic mass is 16.4. The predicted molar refractivity (Wildman–Crippen MR) is 57.7 cm³/mol. The molecule has 0 spiro atoms. The summed E-state index contributed by atoms with van der Waals surface area (Å²) in [7, 11) is 0. The quantitative estimate of drug-likeness (QED) is 0.779. The van der Waals surface area contributed by atoms with Crippen LogP contribution in [0.4, 0.5) is 6.01 Å². The first-order chi connectivity index (χ1) is 7.35. The summed E-state index contributed by atoms with van der Waals surface area (Å²) in [6.07, 6.45) is 6.35. The summed E-state index contributed by atoms with van der Waals surface area (Å²) in [5.41, 5.74) is 0.618. The molecule has 1 fully saturated rings. The fourth-order valence-corrected chi connectivity index (χ4v) is 1.65. The molecule has 15 heavy (non-hydrogen) atoms. The summed E-state index contributed by atoms with van der Waals surface area (Å²) >= 11 is 0. The molecule has 0 atom stereocenters. The standard InChI is InChI=1S/C11H18N2O2/c1-2-3-6-13(10-4-5-10)11-12-9(7-14)8-15-11/h8,10,14H,2-7H2,1H3. The summed E-state index contributed by atoms with van der Waals surface area (Å²) in [4.78, 5) is 6.48. The van der Waals surface area contributed by atoms with Gasteiger partial charge >= 0.3 is 0 Å². The molecule has 0 aliphatic heterocycles. The Balaban J connectivity index is 2.02. The number of hydrogen-bond acceptors (Lipinski definition) is 4. The largest absolute Gasteiger partial charge is 0.432 e. The van der Waals surface area contributed by atoms with Crippen molar-refractivity contribution in [2.75, 3.05) is 11.4 Å². The van der Waals surface area contributed by atoms with Crippen molar-refractivity contribution in [3.8, 4) is 0 Å². The molecule has 1 heterocycles. The number of rotatable bonds is 6. The number of aliphatic hydroxyl groups excluding tert-OH is 1. The third kappa shape index (κ3) is 2.50. The molecule has 0 bridgehead atoms. The predicted octanol–water partition coefficient (Wildman–Crippen LogP) is 1.94. The number of nitrogens with zero attached hydrogens (tertiary/aromatic N) is 2. The number of unbranched alkanes of at least 4 members (excludes halogenated alkanes) is 1. The SMILES string of the molecule is CCCCN(c1nc(CO)co1)C1CC1. The Morgan fingerprint density at radius 1 is 1.60 bits per heavy atom. The van der Waals surface area contributed by atoms with Crippen LogP contribution in [-0.2, 0) is 6.61 Å². The van der Waals surface area contributed by atoms with Gasteiger partial charge in [-0.15, -0.1) is 0 Å². The first kappa shape index (κ1) is 10.5. The highest BCUT2D eigenvalue weighted by Gasteiger charge is 2.31. The van der Waals surface area contributed by atoms with Gasteiger partial charge in [-0.1, -0.05) is 13.3 Å². The van der Waals surface area contributed by atoms with Crippen LogP contribution in [-0.4, -0.2) is 22.7 Å². The Hall–Kier alpha value is -1.03. The molecule has 1 aromatic rings. The van der Waals surface area contributed by atoms with Crippen molar-refractivity contribution in [2.45, 2.75) is 45.3 Å². The smallest absolute Gasteiger partial charge is 0.297 e. The van der Waals surface area contributed by atoms with E-state index in [9.17, 15) is 0 Å². The fourth-order valence-electron chi connectivity index (χ4n) is 1.65. The van der Waals surface area contributed by atoms with E-state index >= 15 is 0 Å². The van der Waals surface area contributed by atoms with Crippen LogP contribution in [0.1, 0.15) is 38.3 Å². The topological polar surface area (TPSA) is 49.5 Å². The Morgan fingerprint density at radius 2 is 2.40 bits per heavy atom. The molecule has 1 aliphatic carbocycles. The summed E-state index contributed by atoms with van der Waals surface area (Å²) in [5.74, 6) is 0. The van der Waals surface area contributed by atoms with E-state index in [1.54, 1.807) is 0 Å². The van der Waals surface area contributed by atoms with E-state index in [2.05, 4.69) is 16.8 Å². The summed E-state index contributed by atoms with van der Waals surface area (Å²) in [6, 6.07) is 1.29. The molecule has 0 unspecified atom stereocenters. The number of anilines is 1. The minimum Gasteiger partial charge on any atom is -0.432 e. The second-order valence-electron chi connectivity index (χ2n) is 4.06. The Labute approximate surface area is 89.9 Å². The second kappa shape index (κ2) is 4.66. The van der Waals surface area contributed by atoms with Crippen LogP contribution in [0.15, 0.2) is 10.7 Å². The lowest BCUT2D eigenvalue weighted by molar-refractivity contribution is 0.276. The minimum absolute atomic E-state index is 0.0458. The first-order valence-corrected chi connectivity index (χ1v) is 5.67. The lowest BCUT2D eigenvalue weighted by atomic mass is 10.3. The van der Waals surface area contributed by atoms with Gasteiger partial charge in [-0.05, 0) is 19.3 Å². The van der Waals surface area contributed by atoms with Gasteiger partial charge in [0, 0.05) is 12.6 Å². The van der Waals surface area contributed by atoms with E-state index in [-0.39, 0.29) is 6.61 Å². The van der Waals surface area contributed by atoms with Gasteiger partial charge in [0.1, 0.15) is 12.0 Å². The van der Waals surface area contributed by atoms with E-state index in [1.807, 2.05) is 0 Å². The lowest BCUT2D eigenvalue weighted by Crippen LogP contribution is -2.27. The Morgan fingerprint density at radius 3 is 2.93 bits per heavy atom. The molecule has 0 amide bonds. The van der Waals surface area contributed by atoms with Crippen molar-refractivity contribution in [1.82, 2.24) is 4.98 Å². The Bertz CT molecular complexity index is 307. The van der Waals surface area contributed by atoms with Crippen molar-refractivity contribution in [3.63, 3.8) is 0 Å². The first-order valence-electron chi connectivity index (χ1n) is 5.67. The van der Waals surface area contributed by atoms with E-state index in [1.165, 1.54) is 25.5 Å². The molecule has 4 heteroatoms. The molecule has 1 aromatic heterocycles. The number of hydrogen-bond donors (Lipinski definition) is 1. The maximum Gasteiger partial charge on any atom is 0.297 e. The molecule has 0 radical (unpaired) electrons. The summed E-state index contributed by atoms with van der Waals surface area (Å²) < 4.78 is 5.37. The molecule has 1 N–H and O–H groups in total. The van der Waals surface area contributed by atoms with Crippen LogP contribution >= 0.6 is 0 Å². The molecule has 0 aromatic carbocycles. The van der Waals surface area contributed by atoms with Gasteiger partial charge in [0.15, 0.2) is 0 Å². The van der Waals surface area contributed by atoms with Gasteiger partial charge in [-0.3, -0.25) is 0 Å². The normalized spacial score (nSPS) is 15.6. The van der Waals surface area contributed by atoms with E-state index in [0.29, 0.717) is 17.8 Å². The fraction of sp³-hybridized carbons (Fsp3) is 0.727. The molecule has 4 nitrogen and oxygen atoms in total. The van der Waals surface area contributed by atoms with Crippen molar-refractivity contribution >= 4 is 6.01 Å². The van der Waals surface area contributed by atoms with E-state index in [0.717, 1.165) is 13.0 Å². The average molecular weight is 210 g/mol. The molecular formula is C11H18N2O2. The molecule has 84 valence electrons. The van der Waals surface area contributed by atoms with Gasteiger partial charge in [-0.2, -0.15) is 4.98 Å². The van der Waals surface area contributed by atoms with Gasteiger partial charge in [-0.25, -0.2) is 0 Å². The summed E-state index contributed by atoms with van der Waals surface area (Å²) in [5, 5.41) is 8.92. The highest BCUT2D eigenvalue weighted by molar-refractivity contribution is 5.31. The third-order valence-corrected chi connectivity index (χ3v) is 2.69. The molecule has 2 rings (SSSR count). The van der Waals surface area contributed by atoms with Crippen LogP contribution in [0.5, 0.6) is 0 Å². The Kier molecular flexibility index (Phi) is 3.26. The van der Waals surface area contributed by atoms with Crippen LogP contribution in [0.3, 0.4) is 0 Å². The molecule has 1 aliphatic rings. The second-order valence-corrected chi connectivity index (χ2v) is 4.06. The molecular weight excluding hydrogens is 192 g/mol. The number of oxazole rings is 1. The highest BCUT2D eigenvalue weighted by Crippen LogP contribution is 2.31. The van der Waals surface area contributed by atoms with Gasteiger partial charge in [0.25, 0.3) is 6.01 Å². The van der Waals surface area contributed by atoms with Crippen molar-refractivity contribution in [2.24, 2.45) is 0 Å². The van der Waals surface area contributed by atoms with Crippen LogP contribution in [0.2, 0.25) is 0 Å². The number of aliphatic hydroxyl groups is 1. The zero-order valence-corrected chi connectivity index (χ0v) is 9.15. The molecule has 1 saturated carbocycles. The average Bonchev–Trinajstić information content (AvgIpc) is 2.97. The van der Waals surface area contributed by atoms with Crippen molar-refractivity contribution < 1.29 is 9.52 Å². The zero-order chi connectivity index (χ0) is 10.7. The van der Waals surface area contributed by atoms with Crippen LogP contribution in [0.25, 0.3) is 0 Å². The van der Waals surface area contributed by atoms with E-state index in [4.69, 9.17) is 9.52 Å². The van der Waals surface area contributed by atoms with Gasteiger partial charge < -0.3 is 14.4 Å².